The van der Waals surface area contributed by atoms with Crippen molar-refractivity contribution in [3.63, 3.8) is 0 Å². The van der Waals surface area contributed by atoms with Crippen molar-refractivity contribution in [3.05, 3.63) is 51.2 Å². The second kappa shape index (κ2) is 7.24. The van der Waals surface area contributed by atoms with Crippen molar-refractivity contribution < 1.29 is 8.78 Å². The molecule has 0 radical (unpaired) electrons. The Morgan fingerprint density at radius 2 is 2.05 bits per heavy atom. The lowest BCUT2D eigenvalue weighted by molar-refractivity contribution is 0.565. The Morgan fingerprint density at radius 1 is 1.21 bits per heavy atom. The van der Waals surface area contributed by atoms with Crippen LogP contribution in [0.3, 0.4) is 0 Å². The van der Waals surface area contributed by atoms with Crippen LogP contribution in [0.25, 0.3) is 0 Å². The molecule has 0 saturated heterocycles. The van der Waals surface area contributed by atoms with Crippen molar-refractivity contribution in [1.82, 2.24) is 5.32 Å². The highest BCUT2D eigenvalue weighted by atomic mass is 35.5. The molecule has 1 aromatic carbocycles. The van der Waals surface area contributed by atoms with E-state index in [1.807, 2.05) is 12.1 Å². The third-order valence-electron chi connectivity index (χ3n) is 2.36. The van der Waals surface area contributed by atoms with Gasteiger partial charge in [-0.25, -0.2) is 8.78 Å². The second-order valence-corrected chi connectivity index (χ2v) is 6.74. The number of hydrogen-bond acceptors (Lipinski definition) is 3. The van der Waals surface area contributed by atoms with Gasteiger partial charge < -0.3 is 5.32 Å². The van der Waals surface area contributed by atoms with Crippen LogP contribution in [0, 0.1) is 11.6 Å². The van der Waals surface area contributed by atoms with Crippen LogP contribution >= 0.6 is 34.7 Å². The average Bonchev–Trinajstić information content (AvgIpc) is 2.77. The van der Waals surface area contributed by atoms with E-state index in [4.69, 9.17) is 11.6 Å². The maximum atomic E-state index is 13.3. The first-order chi connectivity index (χ1) is 9.15. The minimum Gasteiger partial charge on any atom is -0.311 e. The van der Waals surface area contributed by atoms with Crippen molar-refractivity contribution in [1.29, 1.82) is 0 Å². The molecule has 0 amide bonds. The lowest BCUT2D eigenvalue weighted by atomic mass is 10.3. The van der Waals surface area contributed by atoms with Crippen molar-refractivity contribution in [2.24, 2.45) is 0 Å². The van der Waals surface area contributed by atoms with Gasteiger partial charge in [0.1, 0.15) is 11.6 Å². The van der Waals surface area contributed by atoms with Gasteiger partial charge in [0.05, 0.1) is 4.34 Å². The van der Waals surface area contributed by atoms with Crippen LogP contribution in [0.1, 0.15) is 4.88 Å². The zero-order valence-electron chi connectivity index (χ0n) is 9.96. The van der Waals surface area contributed by atoms with Gasteiger partial charge in [-0.05, 0) is 24.3 Å². The SMILES string of the molecule is Fc1ccc(SCCNCc2ccc(Cl)s2)c(F)c1. The van der Waals surface area contributed by atoms with Gasteiger partial charge in [0.25, 0.3) is 0 Å². The third kappa shape index (κ3) is 4.76. The summed E-state index contributed by atoms with van der Waals surface area (Å²) in [7, 11) is 0. The summed E-state index contributed by atoms with van der Waals surface area (Å²) in [6, 6.07) is 7.49. The largest absolute Gasteiger partial charge is 0.311 e. The van der Waals surface area contributed by atoms with E-state index in [2.05, 4.69) is 5.32 Å². The molecule has 2 aromatic rings. The first kappa shape index (κ1) is 14.8. The fourth-order valence-electron chi connectivity index (χ4n) is 1.48. The number of halogens is 3. The van der Waals surface area contributed by atoms with Gasteiger partial charge >= 0.3 is 0 Å². The highest BCUT2D eigenvalue weighted by Gasteiger charge is 2.04. The Labute approximate surface area is 124 Å². The monoisotopic (exact) mass is 319 g/mol. The van der Waals surface area contributed by atoms with E-state index in [1.54, 1.807) is 11.3 Å². The summed E-state index contributed by atoms with van der Waals surface area (Å²) in [6.07, 6.45) is 0. The molecule has 0 spiro atoms. The number of rotatable bonds is 6. The van der Waals surface area contributed by atoms with Gasteiger partial charge in [-0.2, -0.15) is 0 Å². The van der Waals surface area contributed by atoms with Crippen molar-refractivity contribution in [2.75, 3.05) is 12.3 Å². The molecule has 2 rings (SSSR count). The molecule has 0 aliphatic carbocycles. The summed E-state index contributed by atoms with van der Waals surface area (Å²) >= 11 is 8.73. The van der Waals surface area contributed by atoms with Gasteiger partial charge in [-0.15, -0.1) is 23.1 Å². The van der Waals surface area contributed by atoms with Gasteiger partial charge in [-0.1, -0.05) is 11.6 Å². The molecular formula is C13H12ClF2NS2. The number of benzene rings is 1. The summed E-state index contributed by atoms with van der Waals surface area (Å²) in [5, 5.41) is 3.25. The summed E-state index contributed by atoms with van der Waals surface area (Å²) < 4.78 is 26.8. The molecule has 6 heteroatoms. The molecule has 0 aliphatic heterocycles. The number of hydrogen-bond donors (Lipinski definition) is 1. The molecule has 1 N–H and O–H groups in total. The van der Waals surface area contributed by atoms with Crippen molar-refractivity contribution in [3.8, 4) is 0 Å². The third-order valence-corrected chi connectivity index (χ3v) is 4.64. The van der Waals surface area contributed by atoms with Gasteiger partial charge in [-0.3, -0.25) is 0 Å². The highest BCUT2D eigenvalue weighted by Crippen LogP contribution is 2.22. The molecule has 0 atom stereocenters. The van der Waals surface area contributed by atoms with Gasteiger partial charge in [0.2, 0.25) is 0 Å². The van der Waals surface area contributed by atoms with Gasteiger partial charge in [0, 0.05) is 34.7 Å². The topological polar surface area (TPSA) is 12.0 Å². The van der Waals surface area contributed by atoms with Crippen LogP contribution < -0.4 is 5.32 Å². The molecule has 0 fully saturated rings. The molecule has 102 valence electrons. The summed E-state index contributed by atoms with van der Waals surface area (Å²) in [4.78, 5) is 1.64. The molecule has 0 unspecified atom stereocenters. The van der Waals surface area contributed by atoms with Crippen LogP contribution in [0.5, 0.6) is 0 Å². The minimum absolute atomic E-state index is 0.474. The van der Waals surface area contributed by atoms with E-state index in [0.29, 0.717) is 4.90 Å². The smallest absolute Gasteiger partial charge is 0.139 e. The van der Waals surface area contributed by atoms with E-state index in [0.717, 1.165) is 29.2 Å². The Balaban J connectivity index is 1.69. The van der Waals surface area contributed by atoms with Crippen LogP contribution in [-0.2, 0) is 6.54 Å². The Hall–Kier alpha value is -0.620. The maximum absolute atomic E-state index is 13.3. The highest BCUT2D eigenvalue weighted by molar-refractivity contribution is 7.99. The van der Waals surface area contributed by atoms with Crippen LogP contribution in [0.2, 0.25) is 4.34 Å². The Kier molecular flexibility index (Phi) is 5.63. The molecule has 0 bridgehead atoms. The van der Waals surface area contributed by atoms with Crippen LogP contribution in [-0.4, -0.2) is 12.3 Å². The number of thioether (sulfide) groups is 1. The zero-order chi connectivity index (χ0) is 13.7. The summed E-state index contributed by atoms with van der Waals surface area (Å²) in [5.74, 6) is -0.327. The normalized spacial score (nSPS) is 10.9. The summed E-state index contributed by atoms with van der Waals surface area (Å²) in [6.45, 7) is 1.50. The lowest BCUT2D eigenvalue weighted by Gasteiger charge is -2.04. The minimum atomic E-state index is -0.547. The molecular weight excluding hydrogens is 308 g/mol. The fourth-order valence-corrected chi connectivity index (χ4v) is 3.37. The quantitative estimate of drug-likeness (QED) is 0.618. The first-order valence-electron chi connectivity index (χ1n) is 5.68. The maximum Gasteiger partial charge on any atom is 0.139 e. The van der Waals surface area contributed by atoms with Crippen LogP contribution in [0.15, 0.2) is 35.2 Å². The molecule has 19 heavy (non-hydrogen) atoms. The van der Waals surface area contributed by atoms with E-state index in [9.17, 15) is 8.78 Å². The molecule has 0 aliphatic rings. The molecule has 0 saturated carbocycles. The van der Waals surface area contributed by atoms with E-state index in [1.165, 1.54) is 28.8 Å². The summed E-state index contributed by atoms with van der Waals surface area (Å²) in [5.41, 5.74) is 0. The predicted molar refractivity (Wildman–Crippen MR) is 78.1 cm³/mol. The van der Waals surface area contributed by atoms with Crippen LogP contribution in [0.4, 0.5) is 8.78 Å². The number of thiophene rings is 1. The zero-order valence-corrected chi connectivity index (χ0v) is 12.3. The van der Waals surface area contributed by atoms with E-state index >= 15 is 0 Å². The molecule has 1 aromatic heterocycles. The van der Waals surface area contributed by atoms with E-state index in [-0.39, 0.29) is 0 Å². The molecule has 1 nitrogen and oxygen atoms in total. The standard InChI is InChI=1S/C13H12ClF2NS2/c14-13-4-2-10(19-13)8-17-5-6-18-12-3-1-9(15)7-11(12)16/h1-4,7,17H,5-6,8H2. The fraction of sp³-hybridized carbons (Fsp3) is 0.231. The average molecular weight is 320 g/mol. The molecule has 1 heterocycles. The number of nitrogens with one attached hydrogen (secondary N) is 1. The second-order valence-electron chi connectivity index (χ2n) is 3.81. The van der Waals surface area contributed by atoms with E-state index < -0.39 is 11.6 Å². The Bertz CT molecular complexity index is 545. The van der Waals surface area contributed by atoms with Gasteiger partial charge in [0.15, 0.2) is 0 Å². The van der Waals surface area contributed by atoms with Crippen molar-refractivity contribution >= 4 is 34.7 Å². The Morgan fingerprint density at radius 3 is 2.74 bits per heavy atom. The van der Waals surface area contributed by atoms with Crippen molar-refractivity contribution in [2.45, 2.75) is 11.4 Å². The lowest BCUT2D eigenvalue weighted by Crippen LogP contribution is -2.15. The predicted octanol–water partition coefficient (Wildman–Crippen LogP) is 4.56. The first-order valence-corrected chi connectivity index (χ1v) is 7.86.